The Morgan fingerprint density at radius 3 is 2.45 bits per heavy atom. The Morgan fingerprint density at radius 2 is 1.95 bits per heavy atom. The zero-order valence-corrected chi connectivity index (χ0v) is 13.7. The van der Waals surface area contributed by atoms with Crippen LogP contribution in [0.15, 0.2) is 0 Å². The number of piperidine rings is 1. The standard InChI is InChI=1S/C14H27N3O2S/c1-4-20(18,19)17-10-6-13(7-11-17)16-12-14(2,3)8-5-9-15/h13,16H,4-8,10-12H2,1-3H3. The van der Waals surface area contributed by atoms with Gasteiger partial charge in [-0.1, -0.05) is 13.8 Å². The Labute approximate surface area is 123 Å². The van der Waals surface area contributed by atoms with Crippen molar-refractivity contribution in [1.82, 2.24) is 9.62 Å². The van der Waals surface area contributed by atoms with Crippen molar-refractivity contribution >= 4 is 10.0 Å². The first-order chi connectivity index (χ1) is 9.30. The average Bonchev–Trinajstić information content (AvgIpc) is 2.43. The summed E-state index contributed by atoms with van der Waals surface area (Å²) in [4.78, 5) is 0. The number of nitrogens with zero attached hydrogens (tertiary/aromatic N) is 2. The molecule has 1 N–H and O–H groups in total. The molecule has 116 valence electrons. The highest BCUT2D eigenvalue weighted by molar-refractivity contribution is 7.89. The van der Waals surface area contributed by atoms with E-state index in [-0.39, 0.29) is 11.2 Å². The van der Waals surface area contributed by atoms with Gasteiger partial charge in [-0.25, -0.2) is 12.7 Å². The number of nitriles is 1. The van der Waals surface area contributed by atoms with Crippen molar-refractivity contribution in [3.05, 3.63) is 0 Å². The first kappa shape index (κ1) is 17.4. The van der Waals surface area contributed by atoms with E-state index in [2.05, 4.69) is 25.2 Å². The SMILES string of the molecule is CCS(=O)(=O)N1CCC(NCC(C)(C)CCC#N)CC1. The normalized spacial score (nSPS) is 18.9. The number of hydrogen-bond acceptors (Lipinski definition) is 4. The second-order valence-corrected chi connectivity index (χ2v) is 8.53. The van der Waals surface area contributed by atoms with E-state index in [0.29, 0.717) is 25.6 Å². The lowest BCUT2D eigenvalue weighted by Gasteiger charge is -2.34. The topological polar surface area (TPSA) is 73.2 Å². The van der Waals surface area contributed by atoms with Crippen LogP contribution in [-0.4, -0.2) is 44.2 Å². The number of hydrogen-bond donors (Lipinski definition) is 1. The van der Waals surface area contributed by atoms with Crippen LogP contribution < -0.4 is 5.32 Å². The van der Waals surface area contributed by atoms with Gasteiger partial charge in [-0.05, 0) is 31.6 Å². The van der Waals surface area contributed by atoms with Crippen LogP contribution in [0.5, 0.6) is 0 Å². The van der Waals surface area contributed by atoms with Gasteiger partial charge in [0, 0.05) is 32.1 Å². The summed E-state index contributed by atoms with van der Waals surface area (Å²) in [5, 5.41) is 12.2. The third-order valence-electron chi connectivity index (χ3n) is 3.99. The molecule has 6 heteroatoms. The molecule has 0 aromatic heterocycles. The summed E-state index contributed by atoms with van der Waals surface area (Å²) in [7, 11) is -3.03. The molecule has 0 aliphatic carbocycles. The molecule has 1 fully saturated rings. The van der Waals surface area contributed by atoms with Crippen LogP contribution in [0.25, 0.3) is 0 Å². The van der Waals surface area contributed by atoms with Gasteiger partial charge in [0.25, 0.3) is 0 Å². The van der Waals surface area contributed by atoms with Crippen LogP contribution in [0.2, 0.25) is 0 Å². The Kier molecular flexibility index (Phi) is 6.44. The highest BCUT2D eigenvalue weighted by Crippen LogP contribution is 2.22. The van der Waals surface area contributed by atoms with Crippen LogP contribution in [0.4, 0.5) is 0 Å². The van der Waals surface area contributed by atoms with Crippen molar-refractivity contribution in [2.75, 3.05) is 25.4 Å². The molecule has 0 radical (unpaired) electrons. The minimum atomic E-state index is -3.03. The summed E-state index contributed by atoms with van der Waals surface area (Å²) in [6.45, 7) is 8.12. The quantitative estimate of drug-likeness (QED) is 0.777. The molecule has 0 aromatic rings. The summed E-state index contributed by atoms with van der Waals surface area (Å²) >= 11 is 0. The van der Waals surface area contributed by atoms with Crippen LogP contribution in [0.1, 0.15) is 46.5 Å². The van der Waals surface area contributed by atoms with Crippen molar-refractivity contribution < 1.29 is 8.42 Å². The molecule has 0 amide bonds. The van der Waals surface area contributed by atoms with Crippen molar-refractivity contribution in [2.24, 2.45) is 5.41 Å². The van der Waals surface area contributed by atoms with Gasteiger partial charge in [0.05, 0.1) is 11.8 Å². The Balaban J connectivity index is 2.35. The molecule has 20 heavy (non-hydrogen) atoms. The fourth-order valence-corrected chi connectivity index (χ4v) is 3.56. The van der Waals surface area contributed by atoms with Crippen molar-refractivity contribution in [2.45, 2.75) is 52.5 Å². The molecule has 0 spiro atoms. The molecule has 0 unspecified atom stereocenters. The van der Waals surface area contributed by atoms with E-state index in [1.165, 1.54) is 0 Å². The number of nitrogens with one attached hydrogen (secondary N) is 1. The summed E-state index contributed by atoms with van der Waals surface area (Å²) in [5.41, 5.74) is 0.113. The minimum absolute atomic E-state index is 0.113. The second-order valence-electron chi connectivity index (χ2n) is 6.28. The first-order valence-corrected chi connectivity index (χ1v) is 9.00. The fraction of sp³-hybridized carbons (Fsp3) is 0.929. The lowest BCUT2D eigenvalue weighted by Crippen LogP contribution is -2.47. The Hall–Kier alpha value is -0.640. The lowest BCUT2D eigenvalue weighted by molar-refractivity contribution is 0.248. The second kappa shape index (κ2) is 7.39. The van der Waals surface area contributed by atoms with E-state index in [9.17, 15) is 8.42 Å². The smallest absolute Gasteiger partial charge is 0.213 e. The summed E-state index contributed by atoms with van der Waals surface area (Å²) < 4.78 is 25.1. The van der Waals surface area contributed by atoms with E-state index >= 15 is 0 Å². The van der Waals surface area contributed by atoms with E-state index < -0.39 is 10.0 Å². The average molecular weight is 301 g/mol. The number of rotatable bonds is 7. The maximum atomic E-state index is 11.8. The van der Waals surface area contributed by atoms with E-state index in [1.807, 2.05) is 0 Å². The molecule has 1 heterocycles. The minimum Gasteiger partial charge on any atom is -0.313 e. The zero-order chi connectivity index (χ0) is 15.2. The lowest BCUT2D eigenvalue weighted by atomic mass is 9.87. The van der Waals surface area contributed by atoms with Gasteiger partial charge in [-0.3, -0.25) is 0 Å². The molecule has 0 atom stereocenters. The van der Waals surface area contributed by atoms with E-state index in [0.717, 1.165) is 25.8 Å². The van der Waals surface area contributed by atoms with Crippen LogP contribution in [0, 0.1) is 16.7 Å². The molecule has 0 saturated carbocycles. The summed E-state index contributed by atoms with van der Waals surface area (Å²) in [6.07, 6.45) is 3.21. The molecule has 1 saturated heterocycles. The molecule has 0 bridgehead atoms. The number of sulfonamides is 1. The molecule has 5 nitrogen and oxygen atoms in total. The molecular formula is C14H27N3O2S. The van der Waals surface area contributed by atoms with Gasteiger partial charge >= 0.3 is 0 Å². The highest BCUT2D eigenvalue weighted by Gasteiger charge is 2.27. The van der Waals surface area contributed by atoms with Crippen molar-refractivity contribution in [1.29, 1.82) is 5.26 Å². The van der Waals surface area contributed by atoms with Crippen LogP contribution >= 0.6 is 0 Å². The van der Waals surface area contributed by atoms with Gasteiger partial charge in [0.2, 0.25) is 10.0 Å². The molecule has 0 aromatic carbocycles. The largest absolute Gasteiger partial charge is 0.313 e. The molecular weight excluding hydrogens is 274 g/mol. The molecule has 1 rings (SSSR count). The Morgan fingerprint density at radius 1 is 1.35 bits per heavy atom. The van der Waals surface area contributed by atoms with E-state index in [4.69, 9.17) is 5.26 Å². The van der Waals surface area contributed by atoms with Crippen LogP contribution in [0.3, 0.4) is 0 Å². The molecule has 1 aliphatic heterocycles. The maximum absolute atomic E-state index is 11.8. The zero-order valence-electron chi connectivity index (χ0n) is 12.9. The highest BCUT2D eigenvalue weighted by atomic mass is 32.2. The summed E-state index contributed by atoms with van der Waals surface area (Å²) in [5.74, 6) is 0.187. The van der Waals surface area contributed by atoms with Crippen molar-refractivity contribution in [3.8, 4) is 6.07 Å². The maximum Gasteiger partial charge on any atom is 0.213 e. The monoisotopic (exact) mass is 301 g/mol. The van der Waals surface area contributed by atoms with Crippen LogP contribution in [-0.2, 0) is 10.0 Å². The predicted molar refractivity (Wildman–Crippen MR) is 80.7 cm³/mol. The van der Waals surface area contributed by atoms with Gasteiger partial charge in [-0.2, -0.15) is 5.26 Å². The molecule has 1 aliphatic rings. The van der Waals surface area contributed by atoms with Gasteiger partial charge in [-0.15, -0.1) is 0 Å². The fourth-order valence-electron chi connectivity index (χ4n) is 2.42. The van der Waals surface area contributed by atoms with Crippen molar-refractivity contribution in [3.63, 3.8) is 0 Å². The van der Waals surface area contributed by atoms with E-state index in [1.54, 1.807) is 11.2 Å². The third kappa shape index (κ3) is 5.39. The summed E-state index contributed by atoms with van der Waals surface area (Å²) in [6, 6.07) is 2.58. The predicted octanol–water partition coefficient (Wildman–Crippen LogP) is 1.72. The van der Waals surface area contributed by atoms with Gasteiger partial charge in [0.1, 0.15) is 0 Å². The van der Waals surface area contributed by atoms with Gasteiger partial charge in [0.15, 0.2) is 0 Å². The Bertz CT molecular complexity index is 432. The van der Waals surface area contributed by atoms with Gasteiger partial charge < -0.3 is 5.32 Å². The first-order valence-electron chi connectivity index (χ1n) is 7.39. The third-order valence-corrected chi connectivity index (χ3v) is 5.88.